The van der Waals surface area contributed by atoms with Crippen molar-refractivity contribution < 1.29 is 14.2 Å². The fourth-order valence-corrected chi connectivity index (χ4v) is 4.79. The Morgan fingerprint density at radius 2 is 1.94 bits per heavy atom. The van der Waals surface area contributed by atoms with Crippen LogP contribution in [-0.4, -0.2) is 41.0 Å². The van der Waals surface area contributed by atoms with Crippen LogP contribution in [0.2, 0.25) is 0 Å². The number of aromatic nitrogens is 1. The van der Waals surface area contributed by atoms with Crippen molar-refractivity contribution in [1.82, 2.24) is 9.99 Å². The maximum Gasteiger partial charge on any atom is 0.182 e. The Morgan fingerprint density at radius 1 is 1.15 bits per heavy atom. The second-order valence-corrected chi connectivity index (χ2v) is 8.93. The van der Waals surface area contributed by atoms with Gasteiger partial charge in [0, 0.05) is 22.7 Å². The highest BCUT2D eigenvalue weighted by Crippen LogP contribution is 2.32. The lowest BCUT2D eigenvalue weighted by Gasteiger charge is -2.27. The maximum absolute atomic E-state index is 6.17. The molecule has 0 unspecified atom stereocenters. The number of nitrogens with one attached hydrogen (secondary N) is 1. The topological polar surface area (TPSA) is 69.4 Å². The summed E-state index contributed by atoms with van der Waals surface area (Å²) in [4.78, 5) is 4.63. The molecular weight excluding hydrogens is 436 g/mol. The Morgan fingerprint density at radius 3 is 2.67 bits per heavy atom. The van der Waals surface area contributed by atoms with Gasteiger partial charge >= 0.3 is 0 Å². The summed E-state index contributed by atoms with van der Waals surface area (Å²) < 4.78 is 19.5. The van der Waals surface area contributed by atoms with Gasteiger partial charge in [0.05, 0.1) is 25.1 Å². The van der Waals surface area contributed by atoms with Crippen LogP contribution in [0.25, 0.3) is 0 Å². The van der Waals surface area contributed by atoms with Gasteiger partial charge in [-0.25, -0.2) is 4.99 Å². The van der Waals surface area contributed by atoms with Crippen molar-refractivity contribution >= 4 is 28.3 Å². The molecule has 0 bridgehead atoms. The van der Waals surface area contributed by atoms with E-state index in [1.54, 1.807) is 18.9 Å². The molecule has 0 saturated heterocycles. The van der Waals surface area contributed by atoms with Crippen molar-refractivity contribution in [3.63, 3.8) is 0 Å². The molecule has 2 aliphatic heterocycles. The summed E-state index contributed by atoms with van der Waals surface area (Å²) >= 11 is 1.65. The van der Waals surface area contributed by atoms with Gasteiger partial charge in [0.2, 0.25) is 0 Å². The SMILES string of the molecule is COc1ccc(N=C2NN=C(c3cc(C)n(C[C@@H]4COc5ccccc5O4)c3C)CS2)cc1. The number of fused-ring (bicyclic) bond motifs is 1. The van der Waals surface area contributed by atoms with Gasteiger partial charge in [-0.05, 0) is 56.3 Å². The lowest BCUT2D eigenvalue weighted by Crippen LogP contribution is -2.33. The predicted octanol–water partition coefficient (Wildman–Crippen LogP) is 4.68. The number of para-hydroxylation sites is 2. The Bertz CT molecular complexity index is 1220. The van der Waals surface area contributed by atoms with Crippen LogP contribution in [0.3, 0.4) is 0 Å². The van der Waals surface area contributed by atoms with Crippen LogP contribution in [-0.2, 0) is 6.54 Å². The van der Waals surface area contributed by atoms with Crippen LogP contribution in [0.5, 0.6) is 17.2 Å². The first kappa shape index (κ1) is 21.5. The first-order valence-corrected chi connectivity index (χ1v) is 11.8. The van der Waals surface area contributed by atoms with E-state index in [4.69, 9.17) is 14.2 Å². The van der Waals surface area contributed by atoms with Crippen LogP contribution in [0.15, 0.2) is 64.7 Å². The fourth-order valence-electron chi connectivity index (χ4n) is 4.02. The second-order valence-electron chi connectivity index (χ2n) is 7.97. The van der Waals surface area contributed by atoms with E-state index < -0.39 is 0 Å². The van der Waals surface area contributed by atoms with Crippen LogP contribution < -0.4 is 19.6 Å². The first-order chi connectivity index (χ1) is 16.1. The van der Waals surface area contributed by atoms with E-state index in [0.29, 0.717) is 6.61 Å². The molecule has 2 aliphatic rings. The molecule has 33 heavy (non-hydrogen) atoms. The Hall–Kier alpha value is -3.39. The molecule has 1 N–H and O–H groups in total. The average Bonchev–Trinajstić information content (AvgIpc) is 3.13. The number of rotatable bonds is 5. The number of ether oxygens (including phenoxy) is 3. The van der Waals surface area contributed by atoms with Gasteiger partial charge in [0.1, 0.15) is 12.4 Å². The third-order valence-electron chi connectivity index (χ3n) is 5.77. The molecule has 3 heterocycles. The fraction of sp³-hybridized carbons (Fsp3) is 0.280. The molecule has 8 heteroatoms. The minimum Gasteiger partial charge on any atom is -0.497 e. The van der Waals surface area contributed by atoms with Crippen LogP contribution in [0.4, 0.5) is 5.69 Å². The highest BCUT2D eigenvalue weighted by Gasteiger charge is 2.24. The first-order valence-electron chi connectivity index (χ1n) is 10.8. The average molecular weight is 463 g/mol. The predicted molar refractivity (Wildman–Crippen MR) is 132 cm³/mol. The highest BCUT2D eigenvalue weighted by atomic mass is 32.2. The number of benzene rings is 2. The molecule has 0 spiro atoms. The quantitative estimate of drug-likeness (QED) is 0.596. The van der Waals surface area contributed by atoms with Crippen molar-refractivity contribution in [3.8, 4) is 17.2 Å². The van der Waals surface area contributed by atoms with Crippen LogP contribution in [0, 0.1) is 13.8 Å². The number of aryl methyl sites for hydroxylation is 1. The van der Waals surface area contributed by atoms with Crippen LogP contribution in [0.1, 0.15) is 17.0 Å². The van der Waals surface area contributed by atoms with Gasteiger partial charge in [-0.1, -0.05) is 23.9 Å². The molecule has 3 aromatic rings. The Labute approximate surface area is 197 Å². The number of hydrogen-bond donors (Lipinski definition) is 1. The third-order valence-corrected chi connectivity index (χ3v) is 6.65. The molecular formula is C25H26N4O3S. The Kier molecular flexibility index (Phi) is 6.00. The smallest absolute Gasteiger partial charge is 0.182 e. The summed E-state index contributed by atoms with van der Waals surface area (Å²) in [5, 5.41) is 5.41. The van der Waals surface area contributed by atoms with Gasteiger partial charge in [0.25, 0.3) is 0 Å². The molecule has 0 aliphatic carbocycles. The molecule has 0 amide bonds. The van der Waals surface area contributed by atoms with Gasteiger partial charge in [0.15, 0.2) is 22.8 Å². The lowest BCUT2D eigenvalue weighted by molar-refractivity contribution is 0.0778. The van der Waals surface area contributed by atoms with Gasteiger partial charge in [-0.3, -0.25) is 5.43 Å². The van der Waals surface area contributed by atoms with Crippen molar-refractivity contribution in [2.24, 2.45) is 10.1 Å². The van der Waals surface area contributed by atoms with Crippen molar-refractivity contribution in [1.29, 1.82) is 0 Å². The third kappa shape index (κ3) is 4.57. The molecule has 5 rings (SSSR count). The minimum atomic E-state index is -0.0402. The monoisotopic (exact) mass is 462 g/mol. The molecule has 0 saturated carbocycles. The summed E-state index contributed by atoms with van der Waals surface area (Å²) in [7, 11) is 1.65. The zero-order chi connectivity index (χ0) is 22.8. The summed E-state index contributed by atoms with van der Waals surface area (Å²) in [6.07, 6.45) is -0.0402. The van der Waals surface area contributed by atoms with Crippen molar-refractivity contribution in [2.45, 2.75) is 26.5 Å². The largest absolute Gasteiger partial charge is 0.497 e. The van der Waals surface area contributed by atoms with Crippen LogP contribution >= 0.6 is 11.8 Å². The maximum atomic E-state index is 6.17. The van der Waals surface area contributed by atoms with Gasteiger partial charge in [-0.15, -0.1) is 0 Å². The summed E-state index contributed by atoms with van der Waals surface area (Å²) in [6, 6.07) is 17.7. The number of amidine groups is 1. The van der Waals surface area contributed by atoms with E-state index in [2.05, 4.69) is 40.0 Å². The van der Waals surface area contributed by atoms with E-state index >= 15 is 0 Å². The van der Waals surface area contributed by atoms with E-state index in [1.165, 1.54) is 11.4 Å². The summed E-state index contributed by atoms with van der Waals surface area (Å²) in [5.41, 5.74) is 8.48. The highest BCUT2D eigenvalue weighted by molar-refractivity contribution is 8.14. The standard InChI is InChI=1S/C25H26N4O3S/c1-16-12-21(17(2)29(16)13-20-14-31-23-6-4-5-7-24(23)32-20)22-15-33-25(28-27-22)26-18-8-10-19(30-3)11-9-18/h4-12,20H,13-15H2,1-3H3,(H,26,28)/t20-/m1/s1. The number of methoxy groups -OCH3 is 1. The van der Waals surface area contributed by atoms with E-state index in [1.807, 2.05) is 48.5 Å². The molecule has 0 radical (unpaired) electrons. The second kappa shape index (κ2) is 9.23. The van der Waals surface area contributed by atoms with Gasteiger partial charge < -0.3 is 18.8 Å². The number of hydrogen-bond acceptors (Lipinski definition) is 6. The summed E-state index contributed by atoms with van der Waals surface area (Å²) in [6.45, 7) is 5.51. The number of nitrogens with zero attached hydrogens (tertiary/aromatic N) is 3. The molecule has 1 atom stereocenters. The molecule has 7 nitrogen and oxygen atoms in total. The number of hydrazone groups is 1. The van der Waals surface area contributed by atoms with Crippen molar-refractivity contribution in [2.75, 3.05) is 19.5 Å². The Balaban J connectivity index is 1.29. The number of thioether (sulfide) groups is 1. The summed E-state index contributed by atoms with van der Waals surface area (Å²) in [5.74, 6) is 3.18. The molecule has 0 fully saturated rings. The molecule has 2 aromatic carbocycles. The molecule has 1 aromatic heterocycles. The van der Waals surface area contributed by atoms with E-state index in [9.17, 15) is 0 Å². The molecule has 170 valence electrons. The number of aliphatic imine (C=N–C) groups is 1. The van der Waals surface area contributed by atoms with Crippen molar-refractivity contribution in [3.05, 3.63) is 71.5 Å². The zero-order valence-electron chi connectivity index (χ0n) is 18.9. The van der Waals surface area contributed by atoms with E-state index in [-0.39, 0.29) is 6.10 Å². The van der Waals surface area contributed by atoms with E-state index in [0.717, 1.165) is 51.7 Å². The van der Waals surface area contributed by atoms with Gasteiger partial charge in [-0.2, -0.15) is 5.10 Å². The lowest BCUT2D eigenvalue weighted by atomic mass is 10.1. The minimum absolute atomic E-state index is 0.0402. The normalized spacial score (nSPS) is 18.6. The zero-order valence-corrected chi connectivity index (χ0v) is 19.7.